The number of ether oxygens (including phenoxy) is 1. The van der Waals surface area contributed by atoms with Crippen molar-refractivity contribution in [1.29, 1.82) is 0 Å². The van der Waals surface area contributed by atoms with Crippen LogP contribution in [-0.4, -0.2) is 59.6 Å². The lowest BCUT2D eigenvalue weighted by molar-refractivity contribution is 0.414. The number of likely N-dealkylation sites (tertiary alicyclic amines) is 1. The van der Waals surface area contributed by atoms with Gasteiger partial charge < -0.3 is 15.0 Å². The molecule has 1 unspecified atom stereocenters. The molecule has 1 heterocycles. The lowest BCUT2D eigenvalue weighted by Gasteiger charge is -2.22. The quantitative estimate of drug-likeness (QED) is 0.400. The topological polar surface area (TPSA) is 83.0 Å². The third kappa shape index (κ3) is 5.52. The molecular formula is C22H30N4O3S. The van der Waals surface area contributed by atoms with Crippen LogP contribution in [0.25, 0.3) is 0 Å². The van der Waals surface area contributed by atoms with Crippen molar-refractivity contribution in [2.45, 2.75) is 24.2 Å². The minimum atomic E-state index is -3.51. The Balaban J connectivity index is 1.48. The Morgan fingerprint density at radius 1 is 1.13 bits per heavy atom. The molecular weight excluding hydrogens is 400 g/mol. The number of hydrogen-bond acceptors (Lipinski definition) is 4. The molecule has 2 aromatic rings. The zero-order valence-electron chi connectivity index (χ0n) is 17.8. The Bertz CT molecular complexity index is 957. The monoisotopic (exact) mass is 430 g/mol. The van der Waals surface area contributed by atoms with Gasteiger partial charge in [0, 0.05) is 39.1 Å². The summed E-state index contributed by atoms with van der Waals surface area (Å²) >= 11 is 0. The molecule has 1 saturated heterocycles. The van der Waals surface area contributed by atoms with Crippen LogP contribution in [0.5, 0.6) is 5.75 Å². The molecule has 2 aromatic carbocycles. The van der Waals surface area contributed by atoms with Gasteiger partial charge in [-0.3, -0.25) is 4.99 Å². The predicted molar refractivity (Wildman–Crippen MR) is 120 cm³/mol. The molecule has 2 N–H and O–H groups in total. The average molecular weight is 431 g/mol. The van der Waals surface area contributed by atoms with Crippen LogP contribution in [0.15, 0.2) is 58.4 Å². The van der Waals surface area contributed by atoms with Crippen molar-refractivity contribution in [3.8, 4) is 5.75 Å². The lowest BCUT2D eigenvalue weighted by Crippen LogP contribution is -2.43. The largest absolute Gasteiger partial charge is 0.497 e. The number of aliphatic imine (C=N–C) groups is 1. The van der Waals surface area contributed by atoms with E-state index < -0.39 is 10.0 Å². The van der Waals surface area contributed by atoms with Gasteiger partial charge in [0.1, 0.15) is 5.75 Å². The summed E-state index contributed by atoms with van der Waals surface area (Å²) in [5.74, 6) is 2.09. The van der Waals surface area contributed by atoms with Crippen LogP contribution >= 0.6 is 0 Å². The van der Waals surface area contributed by atoms with E-state index in [0.717, 1.165) is 36.8 Å². The van der Waals surface area contributed by atoms with Crippen LogP contribution in [0.3, 0.4) is 0 Å². The van der Waals surface area contributed by atoms with Crippen LogP contribution < -0.4 is 14.8 Å². The summed E-state index contributed by atoms with van der Waals surface area (Å²) in [4.78, 5) is 6.85. The first-order valence-electron chi connectivity index (χ1n) is 10.1. The van der Waals surface area contributed by atoms with E-state index in [2.05, 4.69) is 32.1 Å². The molecule has 0 radical (unpaired) electrons. The van der Waals surface area contributed by atoms with Crippen LogP contribution in [0, 0.1) is 6.92 Å². The smallest absolute Gasteiger partial charge is 0.240 e. The van der Waals surface area contributed by atoms with Gasteiger partial charge in [-0.15, -0.1) is 0 Å². The first-order valence-corrected chi connectivity index (χ1v) is 11.6. The summed E-state index contributed by atoms with van der Waals surface area (Å²) in [5.41, 5.74) is 2.32. The van der Waals surface area contributed by atoms with Crippen molar-refractivity contribution in [2.75, 3.05) is 40.3 Å². The fourth-order valence-electron chi connectivity index (χ4n) is 3.59. The van der Waals surface area contributed by atoms with Gasteiger partial charge >= 0.3 is 0 Å². The van der Waals surface area contributed by atoms with Crippen molar-refractivity contribution < 1.29 is 13.2 Å². The summed E-state index contributed by atoms with van der Waals surface area (Å²) in [6.07, 6.45) is 1.05. The highest BCUT2D eigenvalue weighted by atomic mass is 32.2. The number of nitrogens with zero attached hydrogens (tertiary/aromatic N) is 2. The predicted octanol–water partition coefficient (Wildman–Crippen LogP) is 2.35. The highest BCUT2D eigenvalue weighted by molar-refractivity contribution is 7.89. The summed E-state index contributed by atoms with van der Waals surface area (Å²) in [5, 5.41) is 3.26. The number of benzene rings is 2. The molecule has 0 amide bonds. The molecule has 3 rings (SSSR count). The first kappa shape index (κ1) is 22.1. The zero-order valence-corrected chi connectivity index (χ0v) is 18.6. The Labute approximate surface area is 179 Å². The first-order chi connectivity index (χ1) is 14.4. The van der Waals surface area contributed by atoms with Gasteiger partial charge in [0.25, 0.3) is 0 Å². The standard InChI is InChI=1S/C22H30N4O3S/c1-17-4-10-21(11-5-17)30(27,28)25-14-13-24-22(23-2)26-15-12-19(16-26)18-6-8-20(29-3)9-7-18/h4-11,19,25H,12-16H2,1-3H3,(H,23,24). The molecule has 0 aromatic heterocycles. The van der Waals surface area contributed by atoms with E-state index in [0.29, 0.717) is 12.5 Å². The van der Waals surface area contributed by atoms with Gasteiger partial charge in [-0.2, -0.15) is 0 Å². The molecule has 0 saturated carbocycles. The van der Waals surface area contributed by atoms with Gasteiger partial charge in [-0.25, -0.2) is 13.1 Å². The fraction of sp³-hybridized carbons (Fsp3) is 0.409. The van der Waals surface area contributed by atoms with Crippen LogP contribution in [0.1, 0.15) is 23.5 Å². The Hall–Kier alpha value is -2.58. The molecule has 7 nitrogen and oxygen atoms in total. The molecule has 0 bridgehead atoms. The van der Waals surface area contributed by atoms with Crippen LogP contribution in [0.4, 0.5) is 0 Å². The van der Waals surface area contributed by atoms with E-state index in [-0.39, 0.29) is 11.4 Å². The van der Waals surface area contributed by atoms with Crippen molar-refractivity contribution in [1.82, 2.24) is 14.9 Å². The summed E-state index contributed by atoms with van der Waals surface area (Å²) in [7, 11) is -0.0860. The number of aryl methyl sites for hydroxylation is 1. The number of methoxy groups -OCH3 is 1. The number of nitrogens with one attached hydrogen (secondary N) is 2. The summed E-state index contributed by atoms with van der Waals surface area (Å²) < 4.78 is 32.6. The maximum absolute atomic E-state index is 12.4. The van der Waals surface area contributed by atoms with Crippen molar-refractivity contribution >= 4 is 16.0 Å². The minimum Gasteiger partial charge on any atom is -0.497 e. The lowest BCUT2D eigenvalue weighted by atomic mass is 9.98. The maximum Gasteiger partial charge on any atom is 0.240 e. The molecule has 1 fully saturated rings. The van der Waals surface area contributed by atoms with Crippen molar-refractivity contribution in [3.63, 3.8) is 0 Å². The highest BCUT2D eigenvalue weighted by Crippen LogP contribution is 2.28. The van der Waals surface area contributed by atoms with Gasteiger partial charge in [0.05, 0.1) is 12.0 Å². The molecule has 1 aliphatic heterocycles. The number of sulfonamides is 1. The van der Waals surface area contributed by atoms with Gasteiger partial charge in [-0.1, -0.05) is 29.8 Å². The van der Waals surface area contributed by atoms with E-state index in [4.69, 9.17) is 4.74 Å². The number of hydrogen-bond donors (Lipinski definition) is 2. The number of guanidine groups is 1. The number of rotatable bonds is 7. The zero-order chi connectivity index (χ0) is 21.6. The third-order valence-electron chi connectivity index (χ3n) is 5.32. The molecule has 0 spiro atoms. The average Bonchev–Trinajstić information content (AvgIpc) is 3.24. The van der Waals surface area contributed by atoms with Crippen LogP contribution in [0.2, 0.25) is 0 Å². The van der Waals surface area contributed by atoms with Crippen molar-refractivity contribution in [3.05, 3.63) is 59.7 Å². The second kappa shape index (κ2) is 9.95. The Kier molecular flexibility index (Phi) is 7.33. The van der Waals surface area contributed by atoms with Gasteiger partial charge in [-0.05, 0) is 43.2 Å². The van der Waals surface area contributed by atoms with E-state index in [1.165, 1.54) is 5.56 Å². The summed E-state index contributed by atoms with van der Waals surface area (Å²) in [6, 6.07) is 15.0. The highest BCUT2D eigenvalue weighted by Gasteiger charge is 2.26. The third-order valence-corrected chi connectivity index (χ3v) is 6.80. The van der Waals surface area contributed by atoms with E-state index in [1.807, 2.05) is 19.1 Å². The molecule has 162 valence electrons. The summed E-state index contributed by atoms with van der Waals surface area (Å²) in [6.45, 7) is 4.45. The van der Waals surface area contributed by atoms with E-state index in [9.17, 15) is 8.42 Å². The van der Waals surface area contributed by atoms with E-state index >= 15 is 0 Å². The molecule has 30 heavy (non-hydrogen) atoms. The van der Waals surface area contributed by atoms with Crippen molar-refractivity contribution in [2.24, 2.45) is 4.99 Å². The molecule has 1 aliphatic rings. The second-order valence-electron chi connectivity index (χ2n) is 7.39. The maximum atomic E-state index is 12.4. The van der Waals surface area contributed by atoms with E-state index in [1.54, 1.807) is 38.4 Å². The fourth-order valence-corrected chi connectivity index (χ4v) is 4.63. The SMILES string of the molecule is CN=C(NCCNS(=O)(=O)c1ccc(C)cc1)N1CCC(c2ccc(OC)cc2)C1. The molecule has 0 aliphatic carbocycles. The van der Waals surface area contributed by atoms with Gasteiger partial charge in [0.15, 0.2) is 5.96 Å². The van der Waals surface area contributed by atoms with Crippen LogP contribution in [-0.2, 0) is 10.0 Å². The Morgan fingerprint density at radius 3 is 2.47 bits per heavy atom. The Morgan fingerprint density at radius 2 is 1.83 bits per heavy atom. The normalized spacial score (nSPS) is 17.2. The molecule has 1 atom stereocenters. The molecule has 8 heteroatoms. The minimum absolute atomic E-state index is 0.277. The second-order valence-corrected chi connectivity index (χ2v) is 9.16. The van der Waals surface area contributed by atoms with Gasteiger partial charge in [0.2, 0.25) is 10.0 Å².